The summed E-state index contributed by atoms with van der Waals surface area (Å²) in [5.74, 6) is -3.78. The van der Waals surface area contributed by atoms with Crippen molar-refractivity contribution in [1.82, 2.24) is 9.80 Å². The van der Waals surface area contributed by atoms with Gasteiger partial charge in [-0.05, 0) is 88.7 Å². The number of sulfone groups is 1. The van der Waals surface area contributed by atoms with E-state index in [1.807, 2.05) is 7.05 Å². The second kappa shape index (κ2) is 15.4. The number of carboxylic acid groups (broad SMARTS) is 1. The first-order chi connectivity index (χ1) is 21.7. The van der Waals surface area contributed by atoms with E-state index in [1.54, 1.807) is 35.2 Å². The van der Waals surface area contributed by atoms with Crippen molar-refractivity contribution in [3.8, 4) is 0 Å². The van der Waals surface area contributed by atoms with Crippen LogP contribution in [0.15, 0.2) is 59.5 Å². The summed E-state index contributed by atoms with van der Waals surface area (Å²) in [6.07, 6.45) is -8.16. The van der Waals surface area contributed by atoms with Gasteiger partial charge >= 0.3 is 18.3 Å². The Morgan fingerprint density at radius 3 is 2.17 bits per heavy atom. The predicted octanol–water partition coefficient (Wildman–Crippen LogP) is 5.96. The maximum atomic E-state index is 13.6. The number of carboxylic acids is 1. The molecule has 47 heavy (non-hydrogen) atoms. The third-order valence-electron chi connectivity index (χ3n) is 8.94. The van der Waals surface area contributed by atoms with Gasteiger partial charge in [0.05, 0.1) is 22.3 Å². The number of likely N-dealkylation sites (tertiary alicyclic amines) is 1. The molecular formula is C32H40F6N2O6S. The van der Waals surface area contributed by atoms with Crippen LogP contribution in [0.2, 0.25) is 0 Å². The van der Waals surface area contributed by atoms with E-state index in [-0.39, 0.29) is 46.5 Å². The van der Waals surface area contributed by atoms with Crippen LogP contribution in [0.4, 0.5) is 26.3 Å². The molecule has 5 atom stereocenters. The number of halogens is 6. The average Bonchev–Trinajstić information content (AvgIpc) is 3.35. The Kier molecular flexibility index (Phi) is 12.5. The number of benzene rings is 2. The maximum absolute atomic E-state index is 13.6. The van der Waals surface area contributed by atoms with Crippen molar-refractivity contribution < 1.29 is 54.6 Å². The molecule has 0 radical (unpaired) electrons. The molecule has 1 unspecified atom stereocenters. The predicted molar refractivity (Wildman–Crippen MR) is 161 cm³/mol. The van der Waals surface area contributed by atoms with Crippen molar-refractivity contribution in [1.29, 1.82) is 0 Å². The molecule has 1 saturated heterocycles. The van der Waals surface area contributed by atoms with Crippen LogP contribution < -0.4 is 0 Å². The topological polar surface area (TPSA) is 115 Å². The van der Waals surface area contributed by atoms with Crippen LogP contribution in [0.3, 0.4) is 0 Å². The minimum atomic E-state index is -5.08. The van der Waals surface area contributed by atoms with Crippen LogP contribution >= 0.6 is 0 Å². The highest BCUT2D eigenvalue weighted by Gasteiger charge is 2.44. The fourth-order valence-corrected chi connectivity index (χ4v) is 7.94. The quantitative estimate of drug-likeness (QED) is 0.312. The summed E-state index contributed by atoms with van der Waals surface area (Å²) in [5.41, 5.74) is -0.709. The molecule has 0 aromatic heterocycles. The summed E-state index contributed by atoms with van der Waals surface area (Å²) in [5, 5.41) is 17.9. The highest BCUT2D eigenvalue weighted by molar-refractivity contribution is 7.91. The van der Waals surface area contributed by atoms with Crippen molar-refractivity contribution in [2.75, 3.05) is 19.3 Å². The number of aliphatic hydroxyl groups is 1. The van der Waals surface area contributed by atoms with E-state index in [2.05, 4.69) is 18.7 Å². The number of carbonyl (C=O) groups is 2. The number of carbonyl (C=O) groups excluding carboxylic acids is 1. The Balaban J connectivity index is 0.000000771. The van der Waals surface area contributed by atoms with E-state index in [0.717, 1.165) is 18.6 Å². The maximum Gasteiger partial charge on any atom is 0.490 e. The third-order valence-corrected chi connectivity index (χ3v) is 10.8. The summed E-state index contributed by atoms with van der Waals surface area (Å²) >= 11 is 0. The first-order valence-corrected chi connectivity index (χ1v) is 16.8. The Labute approximate surface area is 270 Å². The lowest BCUT2D eigenvalue weighted by molar-refractivity contribution is -0.192. The second-order valence-electron chi connectivity index (χ2n) is 12.3. The van der Waals surface area contributed by atoms with Crippen molar-refractivity contribution in [2.45, 2.75) is 87.4 Å². The molecule has 1 heterocycles. The summed E-state index contributed by atoms with van der Waals surface area (Å²) in [6.45, 7) is 4.65. The molecule has 1 saturated carbocycles. The molecular weight excluding hydrogens is 654 g/mol. The van der Waals surface area contributed by atoms with E-state index in [9.17, 15) is 44.7 Å². The molecule has 262 valence electrons. The van der Waals surface area contributed by atoms with Crippen LogP contribution in [0, 0.1) is 11.8 Å². The monoisotopic (exact) mass is 694 g/mol. The van der Waals surface area contributed by atoms with Crippen LogP contribution in [0.25, 0.3) is 0 Å². The Bertz CT molecular complexity index is 1470. The highest BCUT2D eigenvalue weighted by Crippen LogP contribution is 2.39. The summed E-state index contributed by atoms with van der Waals surface area (Å²) in [7, 11) is -1.54. The minimum Gasteiger partial charge on any atom is -0.475 e. The SMILES string of the molecule is CC(C)N(C)[C@@H]1CC[C@H](N2CC[C@H](CC(O)c3cccc(C(F)(F)F)c3)C2=O)[C@H](CS(=O)(=O)c2ccccc2)C1.O=C(O)C(F)(F)F. The largest absolute Gasteiger partial charge is 0.490 e. The second-order valence-corrected chi connectivity index (χ2v) is 14.4. The summed E-state index contributed by atoms with van der Waals surface area (Å²) < 4.78 is 98.0. The van der Waals surface area contributed by atoms with Gasteiger partial charge in [-0.25, -0.2) is 13.2 Å². The van der Waals surface area contributed by atoms with Crippen LogP contribution in [-0.4, -0.2) is 84.0 Å². The molecule has 1 aliphatic heterocycles. The molecule has 2 fully saturated rings. The lowest BCUT2D eigenvalue weighted by Gasteiger charge is -2.44. The zero-order valence-corrected chi connectivity index (χ0v) is 27.0. The Morgan fingerprint density at radius 2 is 1.62 bits per heavy atom. The number of aliphatic hydroxyl groups excluding tert-OH is 1. The van der Waals surface area contributed by atoms with Gasteiger partial charge in [0.25, 0.3) is 0 Å². The number of hydrogen-bond acceptors (Lipinski definition) is 6. The van der Waals surface area contributed by atoms with Crippen LogP contribution in [0.1, 0.15) is 63.2 Å². The van der Waals surface area contributed by atoms with Crippen LogP contribution in [-0.2, 0) is 25.6 Å². The normalized spacial score (nSPS) is 23.1. The standard InChI is InChI=1S/C30H39F3N2O4S.C2HF3O2/c1-20(2)34(3)25-12-13-27(23(17-25)19-40(38,39)26-10-5-4-6-11-26)35-15-14-22(29(35)37)18-28(36)21-8-7-9-24(16-21)30(31,32)33;3-2(4,5)1(6)7/h4-11,16,20,22-23,25,27-28,36H,12-15,17-19H2,1-3H3;(H,6,7)/t22-,23+,25-,27+,28?;/m1./s1. The van der Waals surface area contributed by atoms with Gasteiger partial charge in [-0.15, -0.1) is 0 Å². The Morgan fingerprint density at radius 1 is 1.00 bits per heavy atom. The summed E-state index contributed by atoms with van der Waals surface area (Å²) in [6, 6.07) is 13.2. The fraction of sp³-hybridized carbons (Fsp3) is 0.562. The number of rotatable bonds is 9. The lowest BCUT2D eigenvalue weighted by Crippen LogP contribution is -2.51. The first-order valence-electron chi connectivity index (χ1n) is 15.2. The lowest BCUT2D eigenvalue weighted by atomic mass is 9.80. The number of aliphatic carboxylic acids is 1. The smallest absolute Gasteiger partial charge is 0.475 e. The van der Waals surface area contributed by atoms with Gasteiger partial charge in [-0.2, -0.15) is 26.3 Å². The Hall–Kier alpha value is -3.17. The molecule has 1 amide bonds. The van der Waals surface area contributed by atoms with E-state index in [4.69, 9.17) is 9.90 Å². The average molecular weight is 695 g/mol. The molecule has 15 heteroatoms. The zero-order valence-electron chi connectivity index (χ0n) is 26.2. The van der Waals surface area contributed by atoms with Gasteiger partial charge in [0.1, 0.15) is 0 Å². The number of amides is 1. The van der Waals surface area contributed by atoms with Crippen molar-refractivity contribution in [3.05, 3.63) is 65.7 Å². The molecule has 2 aliphatic rings. The summed E-state index contributed by atoms with van der Waals surface area (Å²) in [4.78, 5) is 26.8. The number of hydrogen-bond donors (Lipinski definition) is 2. The van der Waals surface area contributed by atoms with Crippen molar-refractivity contribution in [2.24, 2.45) is 11.8 Å². The van der Waals surface area contributed by atoms with Crippen molar-refractivity contribution in [3.63, 3.8) is 0 Å². The highest BCUT2D eigenvalue weighted by atomic mass is 32.2. The molecule has 2 aromatic carbocycles. The van der Waals surface area contributed by atoms with E-state index >= 15 is 0 Å². The molecule has 0 spiro atoms. The molecule has 0 bridgehead atoms. The van der Waals surface area contributed by atoms with E-state index in [0.29, 0.717) is 31.8 Å². The van der Waals surface area contributed by atoms with Crippen molar-refractivity contribution >= 4 is 21.7 Å². The molecule has 2 aromatic rings. The van der Waals surface area contributed by atoms with Gasteiger partial charge in [0, 0.05) is 30.6 Å². The van der Waals surface area contributed by atoms with E-state index in [1.165, 1.54) is 12.1 Å². The molecule has 4 rings (SSSR count). The van der Waals surface area contributed by atoms with Gasteiger partial charge in [0.2, 0.25) is 5.91 Å². The number of alkyl halides is 6. The third kappa shape index (κ3) is 10.2. The number of nitrogens with zero attached hydrogens (tertiary/aromatic N) is 2. The zero-order chi connectivity index (χ0) is 35.3. The first kappa shape index (κ1) is 38.3. The van der Waals surface area contributed by atoms with Gasteiger partial charge < -0.3 is 20.0 Å². The van der Waals surface area contributed by atoms with E-state index < -0.39 is 45.7 Å². The molecule has 2 N–H and O–H groups in total. The van der Waals surface area contributed by atoms with Gasteiger partial charge in [-0.1, -0.05) is 30.3 Å². The molecule has 1 aliphatic carbocycles. The molecule has 8 nitrogen and oxygen atoms in total. The minimum absolute atomic E-state index is 0.0229. The van der Waals surface area contributed by atoms with Gasteiger partial charge in [-0.3, -0.25) is 4.79 Å². The van der Waals surface area contributed by atoms with Gasteiger partial charge in [0.15, 0.2) is 9.84 Å². The fourth-order valence-electron chi connectivity index (χ4n) is 6.25. The van der Waals surface area contributed by atoms with Crippen LogP contribution in [0.5, 0.6) is 0 Å².